The van der Waals surface area contributed by atoms with Gasteiger partial charge in [0.25, 0.3) is 0 Å². The van der Waals surface area contributed by atoms with E-state index in [2.05, 4.69) is 17.3 Å². The maximum atomic E-state index is 6.13. The molecule has 2 heteroatoms. The standard InChI is InChI=1S/C11H12N2/c1-2-7-11(12)10-6-4-3-5-9(10)8-13-11/h1,3-6,13H,7-8,12H2. The molecule has 0 radical (unpaired) electrons. The molecule has 0 bridgehead atoms. The van der Waals surface area contributed by atoms with E-state index in [0.717, 1.165) is 12.1 Å². The SMILES string of the molecule is C#CCC1(N)NCc2ccccc21. The predicted molar refractivity (Wildman–Crippen MR) is 52.6 cm³/mol. The van der Waals surface area contributed by atoms with Crippen molar-refractivity contribution in [1.82, 2.24) is 5.32 Å². The van der Waals surface area contributed by atoms with Gasteiger partial charge >= 0.3 is 0 Å². The first kappa shape index (κ1) is 8.31. The Balaban J connectivity index is 2.44. The number of nitrogens with one attached hydrogen (secondary N) is 1. The van der Waals surface area contributed by atoms with Crippen LogP contribution in [0.3, 0.4) is 0 Å². The smallest absolute Gasteiger partial charge is 0.104 e. The van der Waals surface area contributed by atoms with E-state index < -0.39 is 5.66 Å². The Morgan fingerprint density at radius 3 is 3.08 bits per heavy atom. The summed E-state index contributed by atoms with van der Waals surface area (Å²) in [6.07, 6.45) is 5.81. The zero-order chi connectivity index (χ0) is 9.31. The summed E-state index contributed by atoms with van der Waals surface area (Å²) in [6.45, 7) is 0.814. The average molecular weight is 172 g/mol. The van der Waals surface area contributed by atoms with Gasteiger partial charge in [0.2, 0.25) is 0 Å². The normalized spacial score (nSPS) is 25.2. The third kappa shape index (κ3) is 1.23. The number of fused-ring (bicyclic) bond motifs is 1. The van der Waals surface area contributed by atoms with Gasteiger partial charge in [-0.05, 0) is 11.1 Å². The van der Waals surface area contributed by atoms with Crippen molar-refractivity contribution in [3.05, 3.63) is 35.4 Å². The first-order valence-electron chi connectivity index (χ1n) is 4.32. The third-order valence-corrected chi connectivity index (χ3v) is 2.47. The van der Waals surface area contributed by atoms with Crippen molar-refractivity contribution in [1.29, 1.82) is 0 Å². The van der Waals surface area contributed by atoms with Gasteiger partial charge in [0, 0.05) is 13.0 Å². The van der Waals surface area contributed by atoms with Gasteiger partial charge < -0.3 is 5.73 Å². The topological polar surface area (TPSA) is 38.0 Å². The highest BCUT2D eigenvalue weighted by Crippen LogP contribution is 2.28. The first-order chi connectivity index (χ1) is 6.26. The van der Waals surface area contributed by atoms with Gasteiger partial charge in [-0.2, -0.15) is 0 Å². The lowest BCUT2D eigenvalue weighted by Crippen LogP contribution is -2.45. The Labute approximate surface area is 78.1 Å². The van der Waals surface area contributed by atoms with E-state index in [1.54, 1.807) is 0 Å². The summed E-state index contributed by atoms with van der Waals surface area (Å²) in [5, 5.41) is 3.23. The van der Waals surface area contributed by atoms with Crippen LogP contribution >= 0.6 is 0 Å². The van der Waals surface area contributed by atoms with Crippen LogP contribution in [0, 0.1) is 12.3 Å². The molecule has 0 fully saturated rings. The molecular weight excluding hydrogens is 160 g/mol. The molecule has 0 amide bonds. The number of benzene rings is 1. The number of nitrogens with two attached hydrogens (primary N) is 1. The summed E-state index contributed by atoms with van der Waals surface area (Å²) in [6, 6.07) is 8.12. The molecule has 2 rings (SSSR count). The number of rotatable bonds is 1. The van der Waals surface area contributed by atoms with Gasteiger partial charge in [0.15, 0.2) is 0 Å². The molecule has 1 aromatic rings. The molecule has 1 heterocycles. The Morgan fingerprint density at radius 1 is 1.54 bits per heavy atom. The minimum atomic E-state index is -0.509. The fourth-order valence-corrected chi connectivity index (χ4v) is 1.78. The van der Waals surface area contributed by atoms with E-state index in [-0.39, 0.29) is 0 Å². The second-order valence-corrected chi connectivity index (χ2v) is 3.36. The van der Waals surface area contributed by atoms with Crippen molar-refractivity contribution in [3.63, 3.8) is 0 Å². The molecule has 2 nitrogen and oxygen atoms in total. The van der Waals surface area contributed by atoms with Crippen LogP contribution in [0.2, 0.25) is 0 Å². The Bertz CT molecular complexity index is 365. The van der Waals surface area contributed by atoms with Gasteiger partial charge in [0.05, 0.1) is 0 Å². The molecule has 1 aliphatic rings. The molecule has 1 unspecified atom stereocenters. The quantitative estimate of drug-likeness (QED) is 0.618. The number of hydrogen-bond acceptors (Lipinski definition) is 2. The van der Waals surface area contributed by atoms with Gasteiger partial charge in [-0.3, -0.25) is 5.32 Å². The van der Waals surface area contributed by atoms with E-state index in [1.807, 2.05) is 18.2 Å². The molecule has 0 saturated heterocycles. The Hall–Kier alpha value is -1.30. The largest absolute Gasteiger partial charge is 0.309 e. The number of terminal acetylenes is 1. The van der Waals surface area contributed by atoms with Gasteiger partial charge in [-0.15, -0.1) is 12.3 Å². The van der Waals surface area contributed by atoms with E-state index in [1.165, 1.54) is 5.56 Å². The zero-order valence-electron chi connectivity index (χ0n) is 7.38. The second kappa shape index (κ2) is 2.88. The third-order valence-electron chi connectivity index (χ3n) is 2.47. The van der Waals surface area contributed by atoms with Crippen LogP contribution < -0.4 is 11.1 Å². The molecule has 0 spiro atoms. The highest BCUT2D eigenvalue weighted by molar-refractivity contribution is 5.37. The van der Waals surface area contributed by atoms with Crippen molar-refractivity contribution in [2.75, 3.05) is 0 Å². The van der Waals surface area contributed by atoms with E-state index in [0.29, 0.717) is 6.42 Å². The van der Waals surface area contributed by atoms with Crippen LogP contribution in [0.1, 0.15) is 17.5 Å². The maximum Gasteiger partial charge on any atom is 0.104 e. The molecule has 1 aromatic carbocycles. The van der Waals surface area contributed by atoms with Crippen molar-refractivity contribution in [2.24, 2.45) is 5.73 Å². The monoisotopic (exact) mass is 172 g/mol. The molecule has 13 heavy (non-hydrogen) atoms. The van der Waals surface area contributed by atoms with Crippen molar-refractivity contribution in [3.8, 4) is 12.3 Å². The lowest BCUT2D eigenvalue weighted by molar-refractivity contribution is 0.385. The summed E-state index contributed by atoms with van der Waals surface area (Å²) in [7, 11) is 0. The molecule has 1 atom stereocenters. The second-order valence-electron chi connectivity index (χ2n) is 3.36. The molecular formula is C11H12N2. The highest BCUT2D eigenvalue weighted by Gasteiger charge is 2.32. The van der Waals surface area contributed by atoms with Crippen molar-refractivity contribution >= 4 is 0 Å². The lowest BCUT2D eigenvalue weighted by atomic mass is 9.97. The highest BCUT2D eigenvalue weighted by atomic mass is 15.1. The fourth-order valence-electron chi connectivity index (χ4n) is 1.78. The van der Waals surface area contributed by atoms with Crippen LogP contribution in [0.15, 0.2) is 24.3 Å². The Kier molecular flexibility index (Phi) is 1.84. The molecule has 0 aromatic heterocycles. The van der Waals surface area contributed by atoms with Gasteiger partial charge in [0.1, 0.15) is 5.66 Å². The molecule has 0 saturated carbocycles. The molecule has 0 aliphatic carbocycles. The fraction of sp³-hybridized carbons (Fsp3) is 0.273. The summed E-state index contributed by atoms with van der Waals surface area (Å²) in [4.78, 5) is 0. The van der Waals surface area contributed by atoms with Crippen LogP contribution in [-0.4, -0.2) is 0 Å². The minimum absolute atomic E-state index is 0.509. The molecule has 3 N–H and O–H groups in total. The van der Waals surface area contributed by atoms with E-state index >= 15 is 0 Å². The van der Waals surface area contributed by atoms with Crippen molar-refractivity contribution < 1.29 is 0 Å². The maximum absolute atomic E-state index is 6.13. The summed E-state index contributed by atoms with van der Waals surface area (Å²) in [5.41, 5.74) is 8.00. The van der Waals surface area contributed by atoms with Crippen LogP contribution in [0.25, 0.3) is 0 Å². The van der Waals surface area contributed by atoms with Gasteiger partial charge in [-0.1, -0.05) is 24.3 Å². The Morgan fingerprint density at radius 2 is 2.31 bits per heavy atom. The lowest BCUT2D eigenvalue weighted by Gasteiger charge is -2.22. The zero-order valence-corrected chi connectivity index (χ0v) is 7.38. The summed E-state index contributed by atoms with van der Waals surface area (Å²) >= 11 is 0. The number of hydrogen-bond donors (Lipinski definition) is 2. The van der Waals surface area contributed by atoms with E-state index in [4.69, 9.17) is 12.2 Å². The van der Waals surface area contributed by atoms with Crippen LogP contribution in [0.4, 0.5) is 0 Å². The van der Waals surface area contributed by atoms with Crippen LogP contribution in [-0.2, 0) is 12.2 Å². The van der Waals surface area contributed by atoms with Gasteiger partial charge in [-0.25, -0.2) is 0 Å². The summed E-state index contributed by atoms with van der Waals surface area (Å²) in [5.74, 6) is 2.60. The van der Waals surface area contributed by atoms with E-state index in [9.17, 15) is 0 Å². The van der Waals surface area contributed by atoms with Crippen LogP contribution in [0.5, 0.6) is 0 Å². The molecule has 1 aliphatic heterocycles. The molecule has 66 valence electrons. The first-order valence-corrected chi connectivity index (χ1v) is 4.32. The van der Waals surface area contributed by atoms with Crippen molar-refractivity contribution in [2.45, 2.75) is 18.6 Å². The summed E-state index contributed by atoms with van der Waals surface area (Å²) < 4.78 is 0. The predicted octanol–water partition coefficient (Wildman–Crippen LogP) is 0.925. The minimum Gasteiger partial charge on any atom is -0.309 e. The average Bonchev–Trinajstić information content (AvgIpc) is 2.46.